The summed E-state index contributed by atoms with van der Waals surface area (Å²) in [5, 5.41) is 13.8. The molecule has 1 rings (SSSR count). The van der Waals surface area contributed by atoms with E-state index in [0.717, 1.165) is 6.26 Å². The number of benzene rings is 1. The van der Waals surface area contributed by atoms with Gasteiger partial charge in [-0.05, 0) is 26.0 Å². The Morgan fingerprint density at radius 3 is 2.50 bits per heavy atom. The molecule has 0 saturated heterocycles. The molecule has 9 heteroatoms. The Hall–Kier alpha value is -1.87. The maximum Gasteiger partial charge on any atom is 0.314 e. The fourth-order valence-electron chi connectivity index (χ4n) is 1.76. The third kappa shape index (κ3) is 4.67. The zero-order valence-electron chi connectivity index (χ0n) is 11.5. The van der Waals surface area contributed by atoms with E-state index in [0.29, 0.717) is 0 Å². The number of hydrogen-bond donors (Lipinski definition) is 3. The van der Waals surface area contributed by atoms with Crippen molar-refractivity contribution in [2.24, 2.45) is 0 Å². The summed E-state index contributed by atoms with van der Waals surface area (Å²) in [6.07, 6.45) is 1.05. The van der Waals surface area contributed by atoms with E-state index >= 15 is 0 Å². The molecule has 0 aliphatic carbocycles. The highest BCUT2D eigenvalue weighted by Gasteiger charge is 2.24. The van der Waals surface area contributed by atoms with Crippen molar-refractivity contribution in [2.75, 3.05) is 23.9 Å². The summed E-state index contributed by atoms with van der Waals surface area (Å²) in [4.78, 5) is 10.4. The fraction of sp³-hybridized carbons (Fsp3) is 0.455. The van der Waals surface area contributed by atoms with Crippen molar-refractivity contribution in [1.29, 1.82) is 0 Å². The predicted molar refractivity (Wildman–Crippen MR) is 78.1 cm³/mol. The lowest BCUT2D eigenvalue weighted by Crippen LogP contribution is -2.47. The number of para-hydroxylation sites is 1. The van der Waals surface area contributed by atoms with Gasteiger partial charge in [0, 0.05) is 12.1 Å². The highest BCUT2D eigenvalue weighted by atomic mass is 32.2. The average molecular weight is 302 g/mol. The summed E-state index contributed by atoms with van der Waals surface area (Å²) in [7, 11) is -3.37. The minimum absolute atomic E-state index is 0.0499. The number of sulfonamides is 1. The second-order valence-corrected chi connectivity index (χ2v) is 6.86. The molecule has 0 amide bonds. The Morgan fingerprint density at radius 1 is 1.40 bits per heavy atom. The average Bonchev–Trinajstić information content (AvgIpc) is 2.22. The summed E-state index contributed by atoms with van der Waals surface area (Å²) in [6, 6.07) is 4.54. The van der Waals surface area contributed by atoms with Crippen LogP contribution in [0.15, 0.2) is 18.2 Å². The molecular formula is C11H18N4O4S. The van der Waals surface area contributed by atoms with E-state index in [2.05, 4.69) is 10.0 Å². The minimum atomic E-state index is -3.37. The number of nitrogens with one attached hydrogen (secondary N) is 2. The van der Waals surface area contributed by atoms with Crippen molar-refractivity contribution in [3.8, 4) is 0 Å². The van der Waals surface area contributed by atoms with Crippen LogP contribution in [0.2, 0.25) is 0 Å². The van der Waals surface area contributed by atoms with Crippen LogP contribution < -0.4 is 15.8 Å². The van der Waals surface area contributed by atoms with Gasteiger partial charge in [0.2, 0.25) is 10.0 Å². The standard InChI is InChI=1S/C11H18N4O4S/c1-11(2,14-20(3,18)19)7-13-9-6-4-5-8(12)10(9)15(16)17/h4-6,13-14H,7,12H2,1-3H3. The molecule has 1 aromatic rings. The van der Waals surface area contributed by atoms with Crippen LogP contribution in [0.3, 0.4) is 0 Å². The normalized spacial score (nSPS) is 12.2. The van der Waals surface area contributed by atoms with Gasteiger partial charge in [-0.3, -0.25) is 10.1 Å². The summed E-state index contributed by atoms with van der Waals surface area (Å²) < 4.78 is 24.9. The number of nitro benzene ring substituents is 1. The first-order valence-electron chi connectivity index (χ1n) is 5.77. The van der Waals surface area contributed by atoms with E-state index in [1.54, 1.807) is 19.9 Å². The van der Waals surface area contributed by atoms with Crippen molar-refractivity contribution >= 4 is 27.1 Å². The molecule has 0 aliphatic rings. The number of hydrogen-bond acceptors (Lipinski definition) is 6. The number of nitrogens with two attached hydrogens (primary N) is 1. The Bertz CT molecular complexity index is 613. The summed E-state index contributed by atoms with van der Waals surface area (Å²) in [5.74, 6) is 0. The van der Waals surface area contributed by atoms with Gasteiger partial charge in [0.1, 0.15) is 11.4 Å². The third-order valence-corrected chi connectivity index (χ3v) is 3.36. The van der Waals surface area contributed by atoms with E-state index in [4.69, 9.17) is 5.73 Å². The zero-order chi connectivity index (χ0) is 15.6. The summed E-state index contributed by atoms with van der Waals surface area (Å²) >= 11 is 0. The maximum absolute atomic E-state index is 11.2. The van der Waals surface area contributed by atoms with Gasteiger partial charge in [-0.1, -0.05) is 6.07 Å². The van der Waals surface area contributed by atoms with E-state index in [1.165, 1.54) is 12.1 Å². The van der Waals surface area contributed by atoms with Crippen molar-refractivity contribution in [1.82, 2.24) is 4.72 Å². The lowest BCUT2D eigenvalue weighted by atomic mass is 10.1. The maximum atomic E-state index is 11.2. The Kier molecular flexibility index (Phi) is 4.56. The highest BCUT2D eigenvalue weighted by Crippen LogP contribution is 2.30. The number of rotatable bonds is 6. The van der Waals surface area contributed by atoms with E-state index in [1.807, 2.05) is 0 Å². The molecule has 0 aliphatic heterocycles. The van der Waals surface area contributed by atoms with Crippen molar-refractivity contribution < 1.29 is 13.3 Å². The Labute approximate surface area is 117 Å². The van der Waals surface area contributed by atoms with Crippen LogP contribution in [0, 0.1) is 10.1 Å². The monoisotopic (exact) mass is 302 g/mol. The van der Waals surface area contributed by atoms with E-state index < -0.39 is 20.5 Å². The van der Waals surface area contributed by atoms with Gasteiger partial charge in [-0.15, -0.1) is 0 Å². The van der Waals surface area contributed by atoms with Gasteiger partial charge in [-0.2, -0.15) is 0 Å². The molecular weight excluding hydrogens is 284 g/mol. The molecule has 0 atom stereocenters. The van der Waals surface area contributed by atoms with Crippen LogP contribution in [0.5, 0.6) is 0 Å². The van der Waals surface area contributed by atoms with E-state index in [-0.39, 0.29) is 23.6 Å². The van der Waals surface area contributed by atoms with E-state index in [9.17, 15) is 18.5 Å². The number of nitrogens with zero attached hydrogens (tertiary/aromatic N) is 1. The number of nitro groups is 1. The first kappa shape index (κ1) is 16.2. The second-order valence-electron chi connectivity index (χ2n) is 5.11. The van der Waals surface area contributed by atoms with Crippen LogP contribution >= 0.6 is 0 Å². The lowest BCUT2D eigenvalue weighted by Gasteiger charge is -2.25. The van der Waals surface area contributed by atoms with Crippen LogP contribution in [0.25, 0.3) is 0 Å². The quantitative estimate of drug-likeness (QED) is 0.407. The second kappa shape index (κ2) is 5.63. The molecule has 0 aromatic heterocycles. The van der Waals surface area contributed by atoms with Crippen molar-refractivity contribution in [3.05, 3.63) is 28.3 Å². The van der Waals surface area contributed by atoms with Crippen molar-refractivity contribution in [3.63, 3.8) is 0 Å². The molecule has 0 saturated carbocycles. The Morgan fingerprint density at radius 2 is 2.00 bits per heavy atom. The molecule has 112 valence electrons. The molecule has 0 bridgehead atoms. The molecule has 1 aromatic carbocycles. The summed E-state index contributed by atoms with van der Waals surface area (Å²) in [5.41, 5.74) is 4.85. The first-order valence-corrected chi connectivity index (χ1v) is 7.67. The van der Waals surface area contributed by atoms with Gasteiger partial charge in [0.25, 0.3) is 0 Å². The highest BCUT2D eigenvalue weighted by molar-refractivity contribution is 7.88. The molecule has 8 nitrogen and oxygen atoms in total. The predicted octanol–water partition coefficient (Wildman–Crippen LogP) is 0.917. The molecule has 0 spiro atoms. The Balaban J connectivity index is 2.91. The molecule has 0 fully saturated rings. The lowest BCUT2D eigenvalue weighted by molar-refractivity contribution is -0.383. The molecule has 0 unspecified atom stereocenters. The fourth-order valence-corrected chi connectivity index (χ4v) is 2.84. The van der Waals surface area contributed by atoms with Crippen molar-refractivity contribution in [2.45, 2.75) is 19.4 Å². The summed E-state index contributed by atoms with van der Waals surface area (Å²) in [6.45, 7) is 3.50. The van der Waals surface area contributed by atoms with Gasteiger partial charge in [-0.25, -0.2) is 13.1 Å². The smallest absolute Gasteiger partial charge is 0.314 e. The number of nitrogen functional groups attached to an aromatic ring is 1. The minimum Gasteiger partial charge on any atom is -0.393 e. The third-order valence-electron chi connectivity index (χ3n) is 2.43. The van der Waals surface area contributed by atoms with Gasteiger partial charge in [0.15, 0.2) is 0 Å². The van der Waals surface area contributed by atoms with Crippen LogP contribution in [0.1, 0.15) is 13.8 Å². The first-order chi connectivity index (χ1) is 9.02. The van der Waals surface area contributed by atoms with Crippen LogP contribution in [-0.4, -0.2) is 31.7 Å². The molecule has 0 radical (unpaired) electrons. The van der Waals surface area contributed by atoms with Gasteiger partial charge >= 0.3 is 5.69 Å². The van der Waals surface area contributed by atoms with Gasteiger partial charge in [0.05, 0.1) is 11.2 Å². The zero-order valence-corrected chi connectivity index (χ0v) is 12.3. The van der Waals surface area contributed by atoms with Crippen LogP contribution in [-0.2, 0) is 10.0 Å². The van der Waals surface area contributed by atoms with Crippen LogP contribution in [0.4, 0.5) is 17.1 Å². The molecule has 0 heterocycles. The van der Waals surface area contributed by atoms with Gasteiger partial charge < -0.3 is 11.1 Å². The molecule has 4 N–H and O–H groups in total. The largest absolute Gasteiger partial charge is 0.393 e. The number of anilines is 2. The topological polar surface area (TPSA) is 127 Å². The molecule has 20 heavy (non-hydrogen) atoms. The SMILES string of the molecule is CC(C)(CNc1cccc(N)c1[N+](=O)[O-])NS(C)(=O)=O.